The second kappa shape index (κ2) is 9.45. The van der Waals surface area contributed by atoms with Gasteiger partial charge in [0.15, 0.2) is 0 Å². The number of amides is 1. The van der Waals surface area contributed by atoms with Crippen LogP contribution >= 0.6 is 11.6 Å². The first-order valence-electron chi connectivity index (χ1n) is 12.0. The highest BCUT2D eigenvalue weighted by atomic mass is 35.5. The van der Waals surface area contributed by atoms with E-state index < -0.39 is 5.97 Å². The lowest BCUT2D eigenvalue weighted by Gasteiger charge is -2.34. The Bertz CT molecular complexity index is 1290. The first-order chi connectivity index (χ1) is 16.9. The van der Waals surface area contributed by atoms with Gasteiger partial charge >= 0.3 is 12.1 Å². The maximum Gasteiger partial charge on any atom is 0.414 e. The number of carbonyl (C=O) groups is 2. The molecular formula is C25H28ClN5O4. The Morgan fingerprint density at radius 2 is 2.03 bits per heavy atom. The summed E-state index contributed by atoms with van der Waals surface area (Å²) >= 11 is 6.08. The molecule has 3 atom stereocenters. The van der Waals surface area contributed by atoms with Crippen molar-refractivity contribution >= 4 is 40.4 Å². The summed E-state index contributed by atoms with van der Waals surface area (Å²) in [6.07, 6.45) is 7.75. The van der Waals surface area contributed by atoms with E-state index in [1.165, 1.54) is 13.3 Å². The molecule has 9 nitrogen and oxygen atoms in total. The van der Waals surface area contributed by atoms with E-state index >= 15 is 0 Å². The number of halogens is 1. The molecule has 35 heavy (non-hydrogen) atoms. The SMILES string of the molecule is COC(=O)N1c2ccc3c(nc(Cc4cncc(Cl)n4)n3[C@@H]3CCC[C@@H](C(=O)O)C3)c2CCC1C. The van der Waals surface area contributed by atoms with Gasteiger partial charge in [-0.3, -0.25) is 14.7 Å². The van der Waals surface area contributed by atoms with E-state index in [0.29, 0.717) is 30.1 Å². The van der Waals surface area contributed by atoms with Crippen LogP contribution in [0, 0.1) is 5.92 Å². The second-order valence-corrected chi connectivity index (χ2v) is 9.81. The third kappa shape index (κ3) is 4.33. The van der Waals surface area contributed by atoms with Crippen molar-refractivity contribution in [3.8, 4) is 0 Å². The van der Waals surface area contributed by atoms with Crippen molar-refractivity contribution in [2.24, 2.45) is 5.92 Å². The molecular weight excluding hydrogens is 470 g/mol. The smallest absolute Gasteiger partial charge is 0.414 e. The minimum Gasteiger partial charge on any atom is -0.481 e. The number of anilines is 1. The summed E-state index contributed by atoms with van der Waals surface area (Å²) in [5.41, 5.74) is 4.30. The molecule has 0 spiro atoms. The van der Waals surface area contributed by atoms with Gasteiger partial charge < -0.3 is 14.4 Å². The third-order valence-electron chi connectivity index (χ3n) is 7.25. The van der Waals surface area contributed by atoms with E-state index in [9.17, 15) is 14.7 Å². The zero-order valence-electron chi connectivity index (χ0n) is 19.8. The van der Waals surface area contributed by atoms with E-state index in [2.05, 4.69) is 14.5 Å². The lowest BCUT2D eigenvalue weighted by Crippen LogP contribution is -2.42. The fourth-order valence-electron chi connectivity index (χ4n) is 5.60. The summed E-state index contributed by atoms with van der Waals surface area (Å²) in [4.78, 5) is 39.7. The summed E-state index contributed by atoms with van der Waals surface area (Å²) in [7, 11) is 1.39. The van der Waals surface area contributed by atoms with E-state index in [-0.39, 0.29) is 24.1 Å². The number of aryl methyl sites for hydroxylation is 1. The molecule has 1 aromatic carbocycles. The van der Waals surface area contributed by atoms with Crippen LogP contribution in [0.25, 0.3) is 11.0 Å². The molecule has 0 bridgehead atoms. The molecule has 2 aliphatic rings. The topological polar surface area (TPSA) is 110 Å². The van der Waals surface area contributed by atoms with Crippen LogP contribution in [-0.4, -0.2) is 49.8 Å². The fraction of sp³-hybridized carbons (Fsp3) is 0.480. The predicted octanol–water partition coefficient (Wildman–Crippen LogP) is 4.79. The monoisotopic (exact) mass is 497 g/mol. The summed E-state index contributed by atoms with van der Waals surface area (Å²) in [6.45, 7) is 2.01. The van der Waals surface area contributed by atoms with Crippen LogP contribution in [0.2, 0.25) is 5.15 Å². The Morgan fingerprint density at radius 3 is 2.77 bits per heavy atom. The average molecular weight is 498 g/mol. The third-order valence-corrected chi connectivity index (χ3v) is 7.44. The highest BCUT2D eigenvalue weighted by molar-refractivity contribution is 6.29. The summed E-state index contributed by atoms with van der Waals surface area (Å²) in [5.74, 6) is -0.330. The molecule has 3 heterocycles. The van der Waals surface area contributed by atoms with E-state index in [1.54, 1.807) is 11.1 Å². The van der Waals surface area contributed by atoms with Crippen molar-refractivity contribution in [1.29, 1.82) is 0 Å². The van der Waals surface area contributed by atoms with Crippen molar-refractivity contribution in [3.63, 3.8) is 0 Å². The normalized spacial score (nSPS) is 22.1. The number of hydrogen-bond donors (Lipinski definition) is 1. The van der Waals surface area contributed by atoms with Crippen molar-refractivity contribution in [3.05, 3.63) is 46.8 Å². The number of rotatable bonds is 4. The average Bonchev–Trinajstić information content (AvgIpc) is 3.21. The maximum atomic E-state index is 12.6. The molecule has 2 aromatic heterocycles. The lowest BCUT2D eigenvalue weighted by molar-refractivity contribution is -0.143. The maximum absolute atomic E-state index is 12.6. The first kappa shape index (κ1) is 23.5. The van der Waals surface area contributed by atoms with Crippen molar-refractivity contribution in [2.75, 3.05) is 12.0 Å². The van der Waals surface area contributed by atoms with Gasteiger partial charge in [-0.2, -0.15) is 0 Å². The lowest BCUT2D eigenvalue weighted by atomic mass is 9.85. The largest absolute Gasteiger partial charge is 0.481 e. The number of carbonyl (C=O) groups excluding carboxylic acids is 1. The number of benzene rings is 1. The van der Waals surface area contributed by atoms with Crippen LogP contribution < -0.4 is 4.90 Å². The molecule has 1 saturated carbocycles. The van der Waals surface area contributed by atoms with Crippen molar-refractivity contribution < 1.29 is 19.4 Å². The van der Waals surface area contributed by atoms with Crippen molar-refractivity contribution in [1.82, 2.24) is 19.5 Å². The number of methoxy groups -OCH3 is 1. The molecule has 1 N–H and O–H groups in total. The number of aliphatic carboxylic acids is 1. The Hall–Kier alpha value is -3.20. The Morgan fingerprint density at radius 1 is 1.20 bits per heavy atom. The number of nitrogens with zero attached hydrogens (tertiary/aromatic N) is 5. The Kier molecular flexibility index (Phi) is 6.35. The predicted molar refractivity (Wildman–Crippen MR) is 131 cm³/mol. The first-order valence-corrected chi connectivity index (χ1v) is 12.3. The van der Waals surface area contributed by atoms with Crippen LogP contribution in [0.1, 0.15) is 62.2 Å². The van der Waals surface area contributed by atoms with Gasteiger partial charge in [0.2, 0.25) is 0 Å². The molecule has 5 rings (SSSR count). The number of fused-ring (bicyclic) bond motifs is 3. The van der Waals surface area contributed by atoms with Crippen LogP contribution in [-0.2, 0) is 22.4 Å². The quantitative estimate of drug-likeness (QED) is 0.551. The van der Waals surface area contributed by atoms with Gasteiger partial charge in [0.25, 0.3) is 0 Å². The van der Waals surface area contributed by atoms with Crippen LogP contribution in [0.3, 0.4) is 0 Å². The Labute approximate surface area is 208 Å². The minimum absolute atomic E-state index is 0.00858. The fourth-order valence-corrected chi connectivity index (χ4v) is 5.77. The van der Waals surface area contributed by atoms with Gasteiger partial charge in [-0.1, -0.05) is 18.0 Å². The van der Waals surface area contributed by atoms with Gasteiger partial charge in [0.1, 0.15) is 11.0 Å². The second-order valence-electron chi connectivity index (χ2n) is 9.42. The van der Waals surface area contributed by atoms with Gasteiger partial charge in [0, 0.05) is 30.3 Å². The van der Waals surface area contributed by atoms with E-state index in [4.69, 9.17) is 21.3 Å². The van der Waals surface area contributed by atoms with Gasteiger partial charge in [0.05, 0.1) is 41.6 Å². The van der Waals surface area contributed by atoms with E-state index in [1.807, 2.05) is 19.1 Å². The zero-order valence-corrected chi connectivity index (χ0v) is 20.5. The van der Waals surface area contributed by atoms with Gasteiger partial charge in [-0.05, 0) is 51.2 Å². The molecule has 1 aliphatic carbocycles. The van der Waals surface area contributed by atoms with E-state index in [0.717, 1.165) is 53.8 Å². The molecule has 1 amide bonds. The number of carboxylic acids is 1. The molecule has 10 heteroatoms. The minimum atomic E-state index is -0.749. The van der Waals surface area contributed by atoms with Crippen molar-refractivity contribution in [2.45, 2.75) is 64.0 Å². The number of carboxylic acid groups (broad SMARTS) is 1. The number of imidazole rings is 1. The summed E-state index contributed by atoms with van der Waals surface area (Å²) in [5, 5.41) is 10.00. The zero-order chi connectivity index (χ0) is 24.7. The van der Waals surface area contributed by atoms with Crippen LogP contribution in [0.15, 0.2) is 24.5 Å². The molecule has 1 unspecified atom stereocenters. The molecule has 184 valence electrons. The standard InChI is InChI=1S/C25H28ClN5O4/c1-14-6-7-18-19(30(14)25(34)35-2)8-9-20-23(18)29-22(11-16-12-27-13-21(26)28-16)31(20)17-5-3-4-15(10-17)24(32)33/h8-9,12-15,17H,3-7,10-11H2,1-2H3,(H,32,33)/t14?,15-,17-/m1/s1. The number of aromatic nitrogens is 4. The molecule has 0 saturated heterocycles. The highest BCUT2D eigenvalue weighted by Gasteiger charge is 2.34. The number of ether oxygens (including phenoxy) is 1. The van der Waals surface area contributed by atoms with Gasteiger partial charge in [-0.25, -0.2) is 14.8 Å². The number of hydrogen-bond acceptors (Lipinski definition) is 6. The molecule has 1 aliphatic heterocycles. The molecule has 3 aromatic rings. The molecule has 0 radical (unpaired) electrons. The molecule has 1 fully saturated rings. The van der Waals surface area contributed by atoms with Gasteiger partial charge in [-0.15, -0.1) is 0 Å². The summed E-state index contributed by atoms with van der Waals surface area (Å²) in [6, 6.07) is 3.98. The Balaban J connectivity index is 1.66. The summed E-state index contributed by atoms with van der Waals surface area (Å²) < 4.78 is 7.24. The highest BCUT2D eigenvalue weighted by Crippen LogP contribution is 2.40. The van der Waals surface area contributed by atoms with Crippen LogP contribution in [0.5, 0.6) is 0 Å². The van der Waals surface area contributed by atoms with Crippen LogP contribution in [0.4, 0.5) is 10.5 Å².